The summed E-state index contributed by atoms with van der Waals surface area (Å²) in [6, 6.07) is 8.05. The molecule has 3 aromatic rings. The zero-order valence-electron chi connectivity index (χ0n) is 13.7. The molecule has 4 rings (SSSR count). The van der Waals surface area contributed by atoms with Gasteiger partial charge in [-0.05, 0) is 36.6 Å². The molecule has 0 spiro atoms. The van der Waals surface area contributed by atoms with Gasteiger partial charge in [-0.25, -0.2) is 15.0 Å². The van der Waals surface area contributed by atoms with Crippen molar-refractivity contribution in [2.24, 2.45) is 0 Å². The first-order chi connectivity index (χ1) is 12.2. The average molecular weight is 355 g/mol. The van der Waals surface area contributed by atoms with Crippen LogP contribution in [0.2, 0.25) is 5.15 Å². The number of nitrogens with zero attached hydrogens (tertiary/aromatic N) is 3. The summed E-state index contributed by atoms with van der Waals surface area (Å²) in [6.07, 6.45) is 9.47. The van der Waals surface area contributed by atoms with Crippen LogP contribution in [0.1, 0.15) is 32.1 Å². The third kappa shape index (κ3) is 3.37. The van der Waals surface area contributed by atoms with E-state index in [2.05, 4.69) is 20.3 Å². The Morgan fingerprint density at radius 3 is 2.64 bits per heavy atom. The normalized spacial score (nSPS) is 15.4. The van der Waals surface area contributed by atoms with Crippen molar-refractivity contribution in [1.29, 1.82) is 0 Å². The molecule has 5 nitrogen and oxygen atoms in total. The second kappa shape index (κ2) is 6.84. The molecular weight excluding hydrogens is 336 g/mol. The van der Waals surface area contributed by atoms with Gasteiger partial charge in [-0.15, -0.1) is 0 Å². The molecule has 2 aromatic heterocycles. The minimum absolute atomic E-state index is 0.0240. The van der Waals surface area contributed by atoms with Crippen LogP contribution in [-0.4, -0.2) is 26.1 Å². The van der Waals surface area contributed by atoms with Crippen LogP contribution in [0.4, 0.5) is 5.82 Å². The van der Waals surface area contributed by atoms with Crippen molar-refractivity contribution in [3.8, 4) is 16.9 Å². The molecule has 0 amide bonds. The Balaban J connectivity index is 1.73. The molecule has 0 saturated heterocycles. The summed E-state index contributed by atoms with van der Waals surface area (Å²) in [5.41, 5.74) is 2.63. The van der Waals surface area contributed by atoms with E-state index >= 15 is 0 Å². The van der Waals surface area contributed by atoms with E-state index in [-0.39, 0.29) is 10.9 Å². The van der Waals surface area contributed by atoms with Crippen molar-refractivity contribution in [3.05, 3.63) is 41.9 Å². The van der Waals surface area contributed by atoms with Crippen molar-refractivity contribution in [1.82, 2.24) is 15.0 Å². The zero-order valence-corrected chi connectivity index (χ0v) is 14.5. The van der Waals surface area contributed by atoms with Crippen LogP contribution in [0, 0.1) is 0 Å². The second-order valence-electron chi connectivity index (χ2n) is 6.47. The number of hydrogen-bond donors (Lipinski definition) is 2. The summed E-state index contributed by atoms with van der Waals surface area (Å²) in [4.78, 5) is 12.8. The Kier molecular flexibility index (Phi) is 4.40. The Morgan fingerprint density at radius 2 is 1.84 bits per heavy atom. The van der Waals surface area contributed by atoms with Gasteiger partial charge < -0.3 is 10.4 Å². The number of fused-ring (bicyclic) bond motifs is 1. The van der Waals surface area contributed by atoms with Crippen LogP contribution < -0.4 is 5.32 Å². The van der Waals surface area contributed by atoms with Crippen LogP contribution >= 0.6 is 11.6 Å². The Bertz CT molecular complexity index is 909. The standard InChI is InChI=1S/C19H19ClN4O/c20-18-17(25)9-13(10-21-18)12-6-7-16-15(8-12)19(23-11-22-16)24-14-4-2-1-3-5-14/h6-11,14,25H,1-5H2,(H,22,23,24). The summed E-state index contributed by atoms with van der Waals surface area (Å²) in [6.45, 7) is 0. The highest BCUT2D eigenvalue weighted by Gasteiger charge is 2.15. The third-order valence-corrected chi connectivity index (χ3v) is 5.03. The van der Waals surface area contributed by atoms with Gasteiger partial charge in [-0.3, -0.25) is 0 Å². The lowest BCUT2D eigenvalue weighted by Gasteiger charge is -2.23. The van der Waals surface area contributed by atoms with E-state index in [0.717, 1.165) is 27.8 Å². The molecule has 1 aliphatic carbocycles. The number of hydrogen-bond acceptors (Lipinski definition) is 5. The number of aromatic hydroxyl groups is 1. The van der Waals surface area contributed by atoms with E-state index in [1.54, 1.807) is 18.6 Å². The number of halogens is 1. The molecule has 2 heterocycles. The molecule has 1 aromatic carbocycles. The highest BCUT2D eigenvalue weighted by Crippen LogP contribution is 2.31. The number of anilines is 1. The van der Waals surface area contributed by atoms with Gasteiger partial charge >= 0.3 is 0 Å². The van der Waals surface area contributed by atoms with Gasteiger partial charge in [0.05, 0.1) is 5.52 Å². The van der Waals surface area contributed by atoms with Crippen molar-refractivity contribution in [2.45, 2.75) is 38.1 Å². The highest BCUT2D eigenvalue weighted by atomic mass is 35.5. The first-order valence-electron chi connectivity index (χ1n) is 8.57. The van der Waals surface area contributed by atoms with E-state index in [1.165, 1.54) is 32.1 Å². The first kappa shape index (κ1) is 16.1. The molecule has 0 aliphatic heterocycles. The van der Waals surface area contributed by atoms with E-state index in [4.69, 9.17) is 11.6 Å². The molecule has 1 fully saturated rings. The number of rotatable bonds is 3. The van der Waals surface area contributed by atoms with Crippen LogP contribution in [-0.2, 0) is 0 Å². The average Bonchev–Trinajstić information content (AvgIpc) is 2.65. The van der Waals surface area contributed by atoms with Crippen molar-refractivity contribution in [3.63, 3.8) is 0 Å². The lowest BCUT2D eigenvalue weighted by molar-refractivity contribution is 0.462. The lowest BCUT2D eigenvalue weighted by Crippen LogP contribution is -2.23. The monoisotopic (exact) mass is 354 g/mol. The highest BCUT2D eigenvalue weighted by molar-refractivity contribution is 6.30. The fraction of sp³-hybridized carbons (Fsp3) is 0.316. The summed E-state index contributed by atoms with van der Waals surface area (Å²) in [7, 11) is 0. The van der Waals surface area contributed by atoms with E-state index in [1.807, 2.05) is 18.2 Å². The topological polar surface area (TPSA) is 70.9 Å². The van der Waals surface area contributed by atoms with Crippen LogP contribution in [0.15, 0.2) is 36.8 Å². The molecule has 0 bridgehead atoms. The molecule has 6 heteroatoms. The molecule has 1 saturated carbocycles. The number of aromatic nitrogens is 3. The van der Waals surface area contributed by atoms with Gasteiger partial charge in [0.15, 0.2) is 10.9 Å². The van der Waals surface area contributed by atoms with E-state index < -0.39 is 0 Å². The Morgan fingerprint density at radius 1 is 1.00 bits per heavy atom. The summed E-state index contributed by atoms with van der Waals surface area (Å²) >= 11 is 5.81. The van der Waals surface area contributed by atoms with Crippen LogP contribution in [0.25, 0.3) is 22.0 Å². The molecular formula is C19H19ClN4O. The van der Waals surface area contributed by atoms with Crippen LogP contribution in [0.5, 0.6) is 5.75 Å². The van der Waals surface area contributed by atoms with Crippen LogP contribution in [0.3, 0.4) is 0 Å². The molecule has 2 N–H and O–H groups in total. The summed E-state index contributed by atoms with van der Waals surface area (Å²) < 4.78 is 0. The maximum Gasteiger partial charge on any atom is 0.170 e. The molecule has 0 radical (unpaired) electrons. The van der Waals surface area contributed by atoms with Crippen molar-refractivity contribution in [2.75, 3.05) is 5.32 Å². The predicted octanol–water partition coefficient (Wildman–Crippen LogP) is 4.80. The first-order valence-corrected chi connectivity index (χ1v) is 8.95. The van der Waals surface area contributed by atoms with Gasteiger partial charge in [0.2, 0.25) is 0 Å². The Labute approximate surface area is 151 Å². The fourth-order valence-corrected chi connectivity index (χ4v) is 3.49. The van der Waals surface area contributed by atoms with Crippen molar-refractivity contribution < 1.29 is 5.11 Å². The number of pyridine rings is 1. The Hall–Kier alpha value is -2.40. The largest absolute Gasteiger partial charge is 0.505 e. The maximum absolute atomic E-state index is 9.81. The SMILES string of the molecule is Oc1cc(-c2ccc3ncnc(NC4CCCCC4)c3c2)cnc1Cl. The lowest BCUT2D eigenvalue weighted by atomic mass is 9.95. The van der Waals surface area contributed by atoms with Gasteiger partial charge in [0, 0.05) is 23.2 Å². The molecule has 0 atom stereocenters. The maximum atomic E-state index is 9.81. The molecule has 1 aliphatic rings. The quantitative estimate of drug-likeness (QED) is 0.661. The number of benzene rings is 1. The minimum atomic E-state index is -0.0240. The van der Waals surface area contributed by atoms with Gasteiger partial charge in [-0.2, -0.15) is 0 Å². The fourth-order valence-electron chi connectivity index (χ4n) is 3.39. The predicted molar refractivity (Wildman–Crippen MR) is 99.9 cm³/mol. The van der Waals surface area contributed by atoms with Crippen molar-refractivity contribution >= 4 is 28.3 Å². The summed E-state index contributed by atoms with van der Waals surface area (Å²) in [5, 5.41) is 14.5. The van der Waals surface area contributed by atoms with Gasteiger partial charge in [0.25, 0.3) is 0 Å². The molecule has 128 valence electrons. The third-order valence-electron chi connectivity index (χ3n) is 4.74. The molecule has 0 unspecified atom stereocenters. The summed E-state index contributed by atoms with van der Waals surface area (Å²) in [5.74, 6) is 0.842. The smallest absolute Gasteiger partial charge is 0.170 e. The van der Waals surface area contributed by atoms with E-state index in [0.29, 0.717) is 6.04 Å². The van der Waals surface area contributed by atoms with E-state index in [9.17, 15) is 5.11 Å². The van der Waals surface area contributed by atoms with Gasteiger partial charge in [0.1, 0.15) is 12.1 Å². The van der Waals surface area contributed by atoms with Gasteiger partial charge in [-0.1, -0.05) is 36.9 Å². The zero-order chi connectivity index (χ0) is 17.2. The molecule has 25 heavy (non-hydrogen) atoms. The minimum Gasteiger partial charge on any atom is -0.505 e. The second-order valence-corrected chi connectivity index (χ2v) is 6.83. The number of nitrogens with one attached hydrogen (secondary N) is 1.